The summed E-state index contributed by atoms with van der Waals surface area (Å²) in [6, 6.07) is 0. The number of ether oxygens (including phenoxy) is 1. The molecule has 0 saturated heterocycles. The molecule has 0 aliphatic heterocycles. The third-order valence-electron chi connectivity index (χ3n) is 5.16. The average molecular weight is 417 g/mol. The second-order valence-corrected chi connectivity index (χ2v) is 9.12. The molecule has 0 spiro atoms. The van der Waals surface area contributed by atoms with Gasteiger partial charge in [0, 0.05) is 25.4 Å². The highest BCUT2D eigenvalue weighted by molar-refractivity contribution is 8.13. The van der Waals surface area contributed by atoms with E-state index in [9.17, 15) is 4.79 Å². The van der Waals surface area contributed by atoms with Crippen LogP contribution in [0.25, 0.3) is 0 Å². The van der Waals surface area contributed by atoms with Crippen LogP contribution in [-0.2, 0) is 9.53 Å². The monoisotopic (exact) mass is 416 g/mol. The van der Waals surface area contributed by atoms with Gasteiger partial charge in [-0.25, -0.2) is 0 Å². The molecule has 168 valence electrons. The van der Waals surface area contributed by atoms with Crippen molar-refractivity contribution in [3.8, 4) is 0 Å². The predicted octanol–water partition coefficient (Wildman–Crippen LogP) is 7.30. The van der Waals surface area contributed by atoms with E-state index in [4.69, 9.17) is 9.84 Å². The molecular weight excluding hydrogens is 368 g/mol. The maximum absolute atomic E-state index is 11.5. The van der Waals surface area contributed by atoms with Crippen LogP contribution in [0.5, 0.6) is 0 Å². The summed E-state index contributed by atoms with van der Waals surface area (Å²) in [7, 11) is 0. The topological polar surface area (TPSA) is 46.5 Å². The standard InChI is InChI=1S/C24H48O3S/c1-2-3-4-5-6-7-8-9-10-11-12-13-14-15-16-17-21-27-22-19-24(26)28-23-18-20-25/h25H,2-23H2,1H3. The maximum Gasteiger partial charge on any atom is 0.191 e. The van der Waals surface area contributed by atoms with Gasteiger partial charge in [0.15, 0.2) is 5.12 Å². The van der Waals surface area contributed by atoms with Crippen LogP contribution in [0.3, 0.4) is 0 Å². The first-order valence-electron chi connectivity index (χ1n) is 12.2. The normalized spacial score (nSPS) is 11.2. The molecule has 0 saturated carbocycles. The molecule has 0 rings (SSSR count). The lowest BCUT2D eigenvalue weighted by atomic mass is 10.0. The lowest BCUT2D eigenvalue weighted by Gasteiger charge is -2.05. The molecule has 0 aliphatic carbocycles. The van der Waals surface area contributed by atoms with Crippen LogP contribution in [0.2, 0.25) is 0 Å². The molecule has 0 fully saturated rings. The van der Waals surface area contributed by atoms with E-state index in [1.807, 2.05) is 0 Å². The maximum atomic E-state index is 11.5. The number of rotatable bonds is 23. The summed E-state index contributed by atoms with van der Waals surface area (Å²) in [6.07, 6.45) is 23.3. The van der Waals surface area contributed by atoms with E-state index in [1.165, 1.54) is 108 Å². The van der Waals surface area contributed by atoms with E-state index in [1.54, 1.807) is 0 Å². The zero-order valence-electron chi connectivity index (χ0n) is 18.7. The highest BCUT2D eigenvalue weighted by atomic mass is 32.2. The fraction of sp³-hybridized carbons (Fsp3) is 0.958. The lowest BCUT2D eigenvalue weighted by molar-refractivity contribution is -0.111. The van der Waals surface area contributed by atoms with Gasteiger partial charge >= 0.3 is 0 Å². The van der Waals surface area contributed by atoms with E-state index < -0.39 is 0 Å². The van der Waals surface area contributed by atoms with Gasteiger partial charge in [0.25, 0.3) is 0 Å². The Bertz CT molecular complexity index is 310. The minimum Gasteiger partial charge on any atom is -0.396 e. The van der Waals surface area contributed by atoms with Crippen molar-refractivity contribution in [2.45, 2.75) is 122 Å². The number of carbonyl (C=O) groups excluding carboxylic acids is 1. The molecule has 0 bridgehead atoms. The number of hydrogen-bond donors (Lipinski definition) is 1. The van der Waals surface area contributed by atoms with Gasteiger partial charge in [0.05, 0.1) is 6.61 Å². The third kappa shape index (κ3) is 24.0. The van der Waals surface area contributed by atoms with Crippen LogP contribution < -0.4 is 0 Å². The van der Waals surface area contributed by atoms with Gasteiger partial charge in [-0.15, -0.1) is 0 Å². The highest BCUT2D eigenvalue weighted by Crippen LogP contribution is 2.13. The molecule has 0 aromatic rings. The SMILES string of the molecule is CCCCCCCCCCCCCCCCCCOCCC(=O)SCCCO. The van der Waals surface area contributed by atoms with Crippen molar-refractivity contribution in [1.82, 2.24) is 0 Å². The quantitative estimate of drug-likeness (QED) is 0.178. The largest absolute Gasteiger partial charge is 0.396 e. The number of unbranched alkanes of at least 4 members (excludes halogenated alkanes) is 15. The number of carbonyl (C=O) groups is 1. The summed E-state index contributed by atoms with van der Waals surface area (Å²) in [5.74, 6) is 0.717. The molecule has 28 heavy (non-hydrogen) atoms. The Hall–Kier alpha value is -0.0600. The van der Waals surface area contributed by atoms with E-state index in [-0.39, 0.29) is 11.7 Å². The summed E-state index contributed by atoms with van der Waals surface area (Å²) < 4.78 is 5.55. The molecule has 1 N–H and O–H groups in total. The van der Waals surface area contributed by atoms with E-state index in [0.717, 1.165) is 13.0 Å². The number of hydrogen-bond acceptors (Lipinski definition) is 4. The van der Waals surface area contributed by atoms with Gasteiger partial charge in [-0.1, -0.05) is 115 Å². The van der Waals surface area contributed by atoms with Crippen molar-refractivity contribution in [2.24, 2.45) is 0 Å². The second kappa shape index (κ2) is 25.0. The fourth-order valence-corrected chi connectivity index (χ4v) is 4.06. The molecule has 3 nitrogen and oxygen atoms in total. The van der Waals surface area contributed by atoms with E-state index >= 15 is 0 Å². The van der Waals surface area contributed by atoms with Gasteiger partial charge in [-0.3, -0.25) is 4.79 Å². The van der Waals surface area contributed by atoms with Crippen LogP contribution in [0, 0.1) is 0 Å². The van der Waals surface area contributed by atoms with Gasteiger partial charge in [-0.05, 0) is 12.8 Å². The third-order valence-corrected chi connectivity index (χ3v) is 6.18. The van der Waals surface area contributed by atoms with Crippen molar-refractivity contribution in [1.29, 1.82) is 0 Å². The minimum absolute atomic E-state index is 0.163. The Morgan fingerprint density at radius 1 is 0.679 bits per heavy atom. The van der Waals surface area contributed by atoms with E-state index in [0.29, 0.717) is 25.2 Å². The second-order valence-electron chi connectivity index (χ2n) is 7.96. The fourth-order valence-electron chi connectivity index (χ4n) is 3.33. The van der Waals surface area contributed by atoms with Crippen LogP contribution in [0.15, 0.2) is 0 Å². The number of aliphatic hydroxyl groups excluding tert-OH is 1. The smallest absolute Gasteiger partial charge is 0.191 e. The molecule has 0 heterocycles. The Labute approximate surface area is 179 Å². The summed E-state index contributed by atoms with van der Waals surface area (Å²) in [6.45, 7) is 3.77. The van der Waals surface area contributed by atoms with Crippen molar-refractivity contribution in [3.05, 3.63) is 0 Å². The Kier molecular flexibility index (Phi) is 24.9. The first kappa shape index (κ1) is 27.9. The summed E-state index contributed by atoms with van der Waals surface area (Å²) >= 11 is 1.31. The van der Waals surface area contributed by atoms with Crippen molar-refractivity contribution in [3.63, 3.8) is 0 Å². The van der Waals surface area contributed by atoms with Crippen molar-refractivity contribution >= 4 is 16.9 Å². The van der Waals surface area contributed by atoms with Crippen molar-refractivity contribution in [2.75, 3.05) is 25.6 Å². The van der Waals surface area contributed by atoms with Crippen LogP contribution in [0.1, 0.15) is 122 Å². The van der Waals surface area contributed by atoms with Crippen LogP contribution in [0.4, 0.5) is 0 Å². The molecule has 0 aromatic carbocycles. The zero-order chi connectivity index (χ0) is 20.5. The first-order chi connectivity index (χ1) is 13.8. The first-order valence-corrected chi connectivity index (χ1v) is 13.1. The molecule has 0 unspecified atom stereocenters. The molecular formula is C24H48O3S. The lowest BCUT2D eigenvalue weighted by Crippen LogP contribution is -2.03. The summed E-state index contributed by atoms with van der Waals surface area (Å²) in [5, 5.41) is 8.86. The van der Waals surface area contributed by atoms with Gasteiger partial charge < -0.3 is 9.84 Å². The predicted molar refractivity (Wildman–Crippen MR) is 124 cm³/mol. The Morgan fingerprint density at radius 2 is 1.14 bits per heavy atom. The number of thioether (sulfide) groups is 1. The summed E-state index contributed by atoms with van der Waals surface area (Å²) in [5.41, 5.74) is 0. The average Bonchev–Trinajstić information content (AvgIpc) is 2.70. The molecule has 0 amide bonds. The highest BCUT2D eigenvalue weighted by Gasteiger charge is 2.02. The number of aliphatic hydroxyl groups is 1. The Balaban J connectivity index is 3.06. The molecule has 4 heteroatoms. The van der Waals surface area contributed by atoms with Crippen LogP contribution in [-0.4, -0.2) is 35.8 Å². The Morgan fingerprint density at radius 3 is 1.61 bits per heavy atom. The van der Waals surface area contributed by atoms with Gasteiger partial charge in [-0.2, -0.15) is 0 Å². The summed E-state index contributed by atoms with van der Waals surface area (Å²) in [4.78, 5) is 11.5. The molecule has 0 aromatic heterocycles. The van der Waals surface area contributed by atoms with Gasteiger partial charge in [0.1, 0.15) is 0 Å². The van der Waals surface area contributed by atoms with Gasteiger partial charge in [0.2, 0.25) is 0 Å². The molecule has 0 radical (unpaired) electrons. The molecule has 0 aliphatic rings. The van der Waals surface area contributed by atoms with E-state index in [2.05, 4.69) is 6.92 Å². The van der Waals surface area contributed by atoms with Crippen LogP contribution >= 0.6 is 11.8 Å². The molecule has 0 atom stereocenters. The zero-order valence-corrected chi connectivity index (χ0v) is 19.5. The minimum atomic E-state index is 0.163. The van der Waals surface area contributed by atoms with Crippen molar-refractivity contribution < 1.29 is 14.6 Å².